The summed E-state index contributed by atoms with van der Waals surface area (Å²) in [5.74, 6) is 0.596. The molecule has 2 fully saturated rings. The molecule has 25 heavy (non-hydrogen) atoms. The zero-order valence-corrected chi connectivity index (χ0v) is 13.8. The predicted octanol–water partition coefficient (Wildman–Crippen LogP) is 1.50. The molecule has 0 radical (unpaired) electrons. The molecule has 1 aliphatic carbocycles. The Labute approximate surface area is 144 Å². The van der Waals surface area contributed by atoms with Gasteiger partial charge in [0.25, 0.3) is 5.91 Å². The molecule has 4 heterocycles. The van der Waals surface area contributed by atoms with Crippen molar-refractivity contribution in [2.24, 2.45) is 0 Å². The van der Waals surface area contributed by atoms with E-state index in [-0.39, 0.29) is 11.9 Å². The molecule has 3 aromatic rings. The maximum atomic E-state index is 13.0. The fraction of sp³-hybridized carbons (Fsp3) is 0.471. The van der Waals surface area contributed by atoms with Crippen LogP contribution in [0.3, 0.4) is 0 Å². The van der Waals surface area contributed by atoms with E-state index in [9.17, 15) is 4.79 Å². The highest BCUT2D eigenvalue weighted by molar-refractivity contribution is 5.99. The molecule has 128 valence electrons. The lowest BCUT2D eigenvalue weighted by Crippen LogP contribution is -2.38. The van der Waals surface area contributed by atoms with Crippen molar-refractivity contribution in [2.75, 3.05) is 6.54 Å². The fourth-order valence-electron chi connectivity index (χ4n) is 3.61. The number of rotatable bonds is 4. The lowest BCUT2D eigenvalue weighted by molar-refractivity contribution is 0.0723. The average Bonchev–Trinajstić information content (AvgIpc) is 3.05. The minimum atomic E-state index is -0.00117. The van der Waals surface area contributed by atoms with Crippen molar-refractivity contribution in [1.82, 2.24) is 34.5 Å². The van der Waals surface area contributed by atoms with Crippen molar-refractivity contribution >= 4 is 11.6 Å². The van der Waals surface area contributed by atoms with E-state index in [2.05, 4.69) is 20.4 Å². The number of aromatic nitrogens is 6. The molecule has 0 aromatic carbocycles. The zero-order valence-electron chi connectivity index (χ0n) is 13.8. The summed E-state index contributed by atoms with van der Waals surface area (Å²) >= 11 is 0. The van der Waals surface area contributed by atoms with Gasteiger partial charge in [-0.25, -0.2) is 9.50 Å². The molecule has 3 aromatic heterocycles. The van der Waals surface area contributed by atoms with Crippen LogP contribution in [0, 0.1) is 0 Å². The minimum absolute atomic E-state index is 0.00117. The molecule has 8 heteroatoms. The van der Waals surface area contributed by atoms with Gasteiger partial charge in [0, 0.05) is 31.1 Å². The number of amides is 1. The third-order valence-corrected chi connectivity index (χ3v) is 5.10. The Morgan fingerprint density at radius 2 is 2.20 bits per heavy atom. The molecule has 1 saturated heterocycles. The van der Waals surface area contributed by atoms with E-state index in [4.69, 9.17) is 0 Å². The van der Waals surface area contributed by atoms with Gasteiger partial charge in [0.1, 0.15) is 5.56 Å². The summed E-state index contributed by atoms with van der Waals surface area (Å²) in [6.45, 7) is 1.45. The summed E-state index contributed by atoms with van der Waals surface area (Å²) in [5.41, 5.74) is 2.25. The van der Waals surface area contributed by atoms with Crippen LogP contribution in [0.4, 0.5) is 0 Å². The van der Waals surface area contributed by atoms with E-state index in [1.807, 2.05) is 15.8 Å². The number of carbonyl (C=O) groups is 1. The lowest BCUT2D eigenvalue weighted by Gasteiger charge is -2.24. The van der Waals surface area contributed by atoms with Gasteiger partial charge in [0.2, 0.25) is 0 Å². The van der Waals surface area contributed by atoms with Crippen LogP contribution >= 0.6 is 0 Å². The SMILES string of the molecule is O=C(c1cnn2cccnc12)N1CCC[C@H]1Cn1cc(C2CC2)nn1. The summed E-state index contributed by atoms with van der Waals surface area (Å²) in [7, 11) is 0. The maximum Gasteiger partial charge on any atom is 0.259 e. The quantitative estimate of drug-likeness (QED) is 0.721. The third kappa shape index (κ3) is 2.57. The summed E-state index contributed by atoms with van der Waals surface area (Å²) in [4.78, 5) is 19.3. The van der Waals surface area contributed by atoms with Crippen LogP contribution < -0.4 is 0 Å². The number of carbonyl (C=O) groups excluding carboxylic acids is 1. The van der Waals surface area contributed by atoms with Gasteiger partial charge in [-0.2, -0.15) is 5.10 Å². The van der Waals surface area contributed by atoms with E-state index in [0.29, 0.717) is 23.7 Å². The number of hydrogen-bond acceptors (Lipinski definition) is 5. The normalized spacial score (nSPS) is 20.5. The topological polar surface area (TPSA) is 81.2 Å². The standard InChI is InChI=1S/C17H19N7O/c25-17(14-9-19-24-8-2-6-18-16(14)24)23-7-1-3-13(23)10-22-11-15(20-21-22)12-4-5-12/h2,6,8-9,11-13H,1,3-5,7,10H2/t13-/m0/s1. The van der Waals surface area contributed by atoms with E-state index < -0.39 is 0 Å². The highest BCUT2D eigenvalue weighted by Gasteiger charge is 2.32. The van der Waals surface area contributed by atoms with Crippen LogP contribution in [-0.4, -0.2) is 53.0 Å². The Kier molecular flexibility index (Phi) is 3.29. The van der Waals surface area contributed by atoms with Crippen molar-refractivity contribution in [3.63, 3.8) is 0 Å². The van der Waals surface area contributed by atoms with Crippen LogP contribution in [0.25, 0.3) is 5.65 Å². The van der Waals surface area contributed by atoms with Gasteiger partial charge in [-0.15, -0.1) is 5.10 Å². The van der Waals surface area contributed by atoms with E-state index in [1.54, 1.807) is 29.2 Å². The van der Waals surface area contributed by atoms with Gasteiger partial charge >= 0.3 is 0 Å². The minimum Gasteiger partial charge on any atom is -0.334 e. The molecule has 1 amide bonds. The van der Waals surface area contributed by atoms with Gasteiger partial charge in [0.15, 0.2) is 5.65 Å². The molecule has 5 rings (SSSR count). The average molecular weight is 337 g/mol. The van der Waals surface area contributed by atoms with Gasteiger partial charge < -0.3 is 4.90 Å². The van der Waals surface area contributed by atoms with Crippen LogP contribution in [0.5, 0.6) is 0 Å². The maximum absolute atomic E-state index is 13.0. The third-order valence-electron chi connectivity index (χ3n) is 5.10. The first kappa shape index (κ1) is 14.6. The van der Waals surface area contributed by atoms with Gasteiger partial charge in [0.05, 0.1) is 24.5 Å². The van der Waals surface area contributed by atoms with Crippen molar-refractivity contribution in [2.45, 2.75) is 44.2 Å². The second-order valence-electron chi connectivity index (χ2n) is 6.88. The number of nitrogens with zero attached hydrogens (tertiary/aromatic N) is 7. The second kappa shape index (κ2) is 5.65. The molecule has 0 spiro atoms. The van der Waals surface area contributed by atoms with Crippen LogP contribution in [0.2, 0.25) is 0 Å². The smallest absolute Gasteiger partial charge is 0.259 e. The molecule has 1 saturated carbocycles. The monoisotopic (exact) mass is 337 g/mol. The van der Waals surface area contributed by atoms with Crippen molar-refractivity contribution in [1.29, 1.82) is 0 Å². The molecular formula is C17H19N7O. The molecule has 0 unspecified atom stereocenters. The Hall–Kier alpha value is -2.77. The van der Waals surface area contributed by atoms with E-state index in [1.165, 1.54) is 12.8 Å². The van der Waals surface area contributed by atoms with Gasteiger partial charge in [-0.05, 0) is 31.7 Å². The number of fused-ring (bicyclic) bond motifs is 1. The first-order valence-electron chi connectivity index (χ1n) is 8.79. The summed E-state index contributed by atoms with van der Waals surface area (Å²) in [6, 6.07) is 1.94. The number of hydrogen-bond donors (Lipinski definition) is 0. The zero-order chi connectivity index (χ0) is 16.8. The summed E-state index contributed by atoms with van der Waals surface area (Å²) < 4.78 is 3.52. The first-order chi connectivity index (χ1) is 12.3. The molecule has 0 bridgehead atoms. The van der Waals surface area contributed by atoms with E-state index in [0.717, 1.165) is 25.1 Å². The van der Waals surface area contributed by atoms with Crippen LogP contribution in [0.1, 0.15) is 47.7 Å². The van der Waals surface area contributed by atoms with Crippen molar-refractivity contribution in [3.05, 3.63) is 42.1 Å². The molecular weight excluding hydrogens is 318 g/mol. The highest BCUT2D eigenvalue weighted by atomic mass is 16.2. The molecule has 0 N–H and O–H groups in total. The summed E-state index contributed by atoms with van der Waals surface area (Å²) in [5, 5.41) is 12.7. The second-order valence-corrected chi connectivity index (χ2v) is 6.88. The summed E-state index contributed by atoms with van der Waals surface area (Å²) in [6.07, 6.45) is 11.6. The molecule has 2 aliphatic rings. The molecule has 1 atom stereocenters. The Morgan fingerprint density at radius 1 is 1.28 bits per heavy atom. The van der Waals surface area contributed by atoms with Gasteiger partial charge in [-0.3, -0.25) is 9.48 Å². The molecule has 8 nitrogen and oxygen atoms in total. The molecule has 1 aliphatic heterocycles. The van der Waals surface area contributed by atoms with Gasteiger partial charge in [-0.1, -0.05) is 5.21 Å². The first-order valence-corrected chi connectivity index (χ1v) is 8.79. The predicted molar refractivity (Wildman–Crippen MR) is 89.0 cm³/mol. The van der Waals surface area contributed by atoms with E-state index >= 15 is 0 Å². The Morgan fingerprint density at radius 3 is 3.08 bits per heavy atom. The lowest BCUT2D eigenvalue weighted by atomic mass is 10.2. The Bertz CT molecular complexity index is 926. The van der Waals surface area contributed by atoms with Crippen LogP contribution in [0.15, 0.2) is 30.9 Å². The number of likely N-dealkylation sites (tertiary alicyclic amines) is 1. The van der Waals surface area contributed by atoms with Crippen molar-refractivity contribution in [3.8, 4) is 0 Å². The highest BCUT2D eigenvalue weighted by Crippen LogP contribution is 2.38. The van der Waals surface area contributed by atoms with Crippen molar-refractivity contribution < 1.29 is 4.79 Å². The Balaban J connectivity index is 1.37. The van der Waals surface area contributed by atoms with Crippen LogP contribution in [-0.2, 0) is 6.54 Å². The largest absolute Gasteiger partial charge is 0.334 e. The fourth-order valence-corrected chi connectivity index (χ4v) is 3.61.